The molecule has 9 heteroatoms. The molecule has 2 rings (SSSR count). The van der Waals surface area contributed by atoms with E-state index in [-0.39, 0.29) is 34.2 Å². The Bertz CT molecular complexity index is 986. The van der Waals surface area contributed by atoms with Crippen molar-refractivity contribution in [2.24, 2.45) is 0 Å². The number of carbonyl (C=O) groups is 2. The monoisotopic (exact) mass is 419 g/mol. The topological polar surface area (TPSA) is 125 Å². The molecule has 0 aliphatic carbocycles. The van der Waals surface area contributed by atoms with Crippen molar-refractivity contribution in [2.75, 3.05) is 11.1 Å². The zero-order chi connectivity index (χ0) is 21.6. The van der Waals surface area contributed by atoms with Gasteiger partial charge in [0.25, 0.3) is 5.91 Å². The summed E-state index contributed by atoms with van der Waals surface area (Å²) < 4.78 is 24.0. The molecule has 0 aliphatic rings. The molecule has 0 fully saturated rings. The number of nitrogens with one attached hydrogen (secondary N) is 3. The first-order chi connectivity index (χ1) is 13.6. The Balaban J connectivity index is 2.06. The highest BCUT2D eigenvalue weighted by atomic mass is 32.2. The van der Waals surface area contributed by atoms with Crippen LogP contribution in [0.2, 0.25) is 0 Å². The number of benzene rings is 2. The lowest BCUT2D eigenvalue weighted by molar-refractivity contribution is 0.102. The minimum atomic E-state index is -3.47. The van der Waals surface area contributed by atoms with Crippen molar-refractivity contribution >= 4 is 27.5 Å². The van der Waals surface area contributed by atoms with Gasteiger partial charge < -0.3 is 21.1 Å². The summed E-state index contributed by atoms with van der Waals surface area (Å²) >= 11 is 0. The van der Waals surface area contributed by atoms with Crippen molar-refractivity contribution in [3.05, 3.63) is 53.6 Å². The standard InChI is InChI=1S/C20H25N3O5S/c1-4-29(27,28)16-9-10-18(24)17(11-16)23-19(25)15-7-5-14(6-8-15)12-21-20(26)22-13(2)3/h5-11,13,24H,4,12H2,1-3H3,(H,23,25)(H2,21,22,26). The van der Waals surface area contributed by atoms with Crippen LogP contribution in [0.5, 0.6) is 5.75 Å². The zero-order valence-electron chi connectivity index (χ0n) is 16.5. The second kappa shape index (κ2) is 9.42. The van der Waals surface area contributed by atoms with Gasteiger partial charge in [-0.05, 0) is 49.7 Å². The van der Waals surface area contributed by atoms with Crippen molar-refractivity contribution in [3.63, 3.8) is 0 Å². The second-order valence-corrected chi connectivity index (χ2v) is 8.99. The highest BCUT2D eigenvalue weighted by Crippen LogP contribution is 2.27. The number of anilines is 1. The van der Waals surface area contributed by atoms with Crippen LogP contribution in [-0.4, -0.2) is 37.3 Å². The molecule has 0 bridgehead atoms. The maximum absolute atomic E-state index is 12.4. The molecule has 0 heterocycles. The van der Waals surface area contributed by atoms with E-state index in [1.165, 1.54) is 25.1 Å². The van der Waals surface area contributed by atoms with Gasteiger partial charge in [0.05, 0.1) is 16.3 Å². The van der Waals surface area contributed by atoms with Crippen molar-refractivity contribution in [2.45, 2.75) is 38.3 Å². The van der Waals surface area contributed by atoms with Gasteiger partial charge in [-0.25, -0.2) is 13.2 Å². The van der Waals surface area contributed by atoms with E-state index >= 15 is 0 Å². The fourth-order valence-electron chi connectivity index (χ4n) is 2.44. The van der Waals surface area contributed by atoms with E-state index in [9.17, 15) is 23.1 Å². The third-order valence-electron chi connectivity index (χ3n) is 4.04. The van der Waals surface area contributed by atoms with Crippen LogP contribution in [0.15, 0.2) is 47.4 Å². The average molecular weight is 420 g/mol. The maximum Gasteiger partial charge on any atom is 0.315 e. The first-order valence-corrected chi connectivity index (χ1v) is 10.8. The summed E-state index contributed by atoms with van der Waals surface area (Å²) in [5.41, 5.74) is 1.14. The van der Waals surface area contributed by atoms with Crippen molar-refractivity contribution in [1.82, 2.24) is 10.6 Å². The molecule has 0 radical (unpaired) electrons. The lowest BCUT2D eigenvalue weighted by atomic mass is 10.1. The molecular formula is C20H25N3O5S. The lowest BCUT2D eigenvalue weighted by Gasteiger charge is -2.11. The molecule has 2 aromatic rings. The van der Waals surface area contributed by atoms with E-state index in [4.69, 9.17) is 0 Å². The molecule has 3 amide bonds. The third-order valence-corrected chi connectivity index (χ3v) is 5.78. The summed E-state index contributed by atoms with van der Waals surface area (Å²) in [6, 6.07) is 10.1. The largest absolute Gasteiger partial charge is 0.506 e. The number of hydrogen-bond acceptors (Lipinski definition) is 5. The van der Waals surface area contributed by atoms with E-state index in [2.05, 4.69) is 16.0 Å². The van der Waals surface area contributed by atoms with Crippen molar-refractivity contribution in [3.8, 4) is 5.75 Å². The van der Waals surface area contributed by atoms with Crippen molar-refractivity contribution < 1.29 is 23.1 Å². The Morgan fingerprint density at radius 3 is 2.31 bits per heavy atom. The number of carbonyl (C=O) groups excluding carboxylic acids is 2. The van der Waals surface area contributed by atoms with Crippen LogP contribution in [0.3, 0.4) is 0 Å². The smallest absolute Gasteiger partial charge is 0.315 e. The van der Waals surface area contributed by atoms with E-state index < -0.39 is 15.7 Å². The molecule has 0 aromatic heterocycles. The van der Waals surface area contributed by atoms with Gasteiger partial charge in [-0.2, -0.15) is 0 Å². The number of amides is 3. The number of aromatic hydroxyl groups is 1. The van der Waals surface area contributed by atoms with Gasteiger partial charge in [-0.1, -0.05) is 19.1 Å². The average Bonchev–Trinajstić information content (AvgIpc) is 2.67. The third kappa shape index (κ3) is 6.21. The molecule has 0 atom stereocenters. The van der Waals surface area contributed by atoms with Crippen molar-refractivity contribution in [1.29, 1.82) is 0 Å². The second-order valence-electron chi connectivity index (χ2n) is 6.72. The Hall–Kier alpha value is -3.07. The molecule has 156 valence electrons. The number of phenols is 1. The lowest BCUT2D eigenvalue weighted by Crippen LogP contribution is -2.39. The molecule has 0 saturated carbocycles. The summed E-state index contributed by atoms with van der Waals surface area (Å²) in [6.45, 7) is 5.54. The number of urea groups is 1. The fraction of sp³-hybridized carbons (Fsp3) is 0.300. The van der Waals surface area contributed by atoms with Crippen LogP contribution in [0, 0.1) is 0 Å². The minimum absolute atomic E-state index is 0.0145. The minimum Gasteiger partial charge on any atom is -0.506 e. The van der Waals surface area contributed by atoms with Gasteiger partial charge in [0, 0.05) is 18.2 Å². The van der Waals surface area contributed by atoms with Gasteiger partial charge in [0.15, 0.2) is 9.84 Å². The van der Waals surface area contributed by atoms with E-state index in [1.54, 1.807) is 24.3 Å². The van der Waals surface area contributed by atoms with Crippen LogP contribution in [0.1, 0.15) is 36.7 Å². The Morgan fingerprint density at radius 1 is 1.07 bits per heavy atom. The number of rotatable bonds is 7. The van der Waals surface area contributed by atoms with Gasteiger partial charge >= 0.3 is 6.03 Å². The summed E-state index contributed by atoms with van der Waals surface area (Å²) in [4.78, 5) is 24.1. The van der Waals surface area contributed by atoms with Crippen LogP contribution in [0.4, 0.5) is 10.5 Å². The summed E-state index contributed by atoms with van der Waals surface area (Å²) in [5.74, 6) is -0.815. The van der Waals surface area contributed by atoms with E-state index in [0.717, 1.165) is 5.56 Å². The fourth-order valence-corrected chi connectivity index (χ4v) is 3.35. The van der Waals surface area contributed by atoms with Gasteiger partial charge in [0.2, 0.25) is 0 Å². The summed E-state index contributed by atoms with van der Waals surface area (Å²) in [6.07, 6.45) is 0. The molecule has 0 spiro atoms. The zero-order valence-corrected chi connectivity index (χ0v) is 17.3. The SMILES string of the molecule is CCS(=O)(=O)c1ccc(O)c(NC(=O)c2ccc(CNC(=O)NC(C)C)cc2)c1. The predicted molar refractivity (Wildman–Crippen MR) is 111 cm³/mol. The molecule has 8 nitrogen and oxygen atoms in total. The molecule has 4 N–H and O–H groups in total. The molecule has 0 unspecified atom stereocenters. The van der Waals surface area contributed by atoms with Crippen LogP contribution in [-0.2, 0) is 16.4 Å². The van der Waals surface area contributed by atoms with Gasteiger partial charge in [0.1, 0.15) is 5.75 Å². The first kappa shape index (κ1) is 22.2. The van der Waals surface area contributed by atoms with Crippen LogP contribution < -0.4 is 16.0 Å². The Labute approximate surface area is 170 Å². The maximum atomic E-state index is 12.4. The number of hydrogen-bond donors (Lipinski definition) is 4. The molecule has 29 heavy (non-hydrogen) atoms. The Morgan fingerprint density at radius 2 is 1.72 bits per heavy atom. The summed E-state index contributed by atoms with van der Waals surface area (Å²) in [7, 11) is -3.47. The molecule has 2 aromatic carbocycles. The van der Waals surface area contributed by atoms with E-state index in [1.807, 2.05) is 13.8 Å². The van der Waals surface area contributed by atoms with Crippen LogP contribution in [0.25, 0.3) is 0 Å². The van der Waals surface area contributed by atoms with Gasteiger partial charge in [-0.3, -0.25) is 4.79 Å². The van der Waals surface area contributed by atoms with E-state index in [0.29, 0.717) is 12.1 Å². The summed E-state index contributed by atoms with van der Waals surface area (Å²) in [5, 5.41) is 17.9. The Kier molecular flexibility index (Phi) is 7.22. The molecule has 0 aliphatic heterocycles. The number of sulfone groups is 1. The first-order valence-electron chi connectivity index (χ1n) is 9.12. The quantitative estimate of drug-likeness (QED) is 0.514. The molecule has 0 saturated heterocycles. The highest BCUT2D eigenvalue weighted by molar-refractivity contribution is 7.91. The normalized spacial score (nSPS) is 11.2. The van der Waals surface area contributed by atoms with Gasteiger partial charge in [-0.15, -0.1) is 0 Å². The highest BCUT2D eigenvalue weighted by Gasteiger charge is 2.16. The van der Waals surface area contributed by atoms with Crippen LogP contribution >= 0.6 is 0 Å². The predicted octanol–water partition coefficient (Wildman–Crippen LogP) is 2.65. The number of phenolic OH excluding ortho intramolecular Hbond substituents is 1. The molecular weight excluding hydrogens is 394 g/mol.